The first-order valence-electron chi connectivity index (χ1n) is 4.34. The fraction of sp³-hybridized carbons (Fsp3) is 0.600. The normalized spacial score (nSPS) is 14.3. The minimum atomic E-state index is 0.482. The molecule has 0 saturated carbocycles. The molecule has 12 heavy (non-hydrogen) atoms. The van der Waals surface area contributed by atoms with Crippen molar-refractivity contribution in [3.8, 4) is 0 Å². The van der Waals surface area contributed by atoms with Gasteiger partial charge in [0, 0.05) is 0 Å². The number of hydrogen-bond acceptors (Lipinski definition) is 1. The van der Waals surface area contributed by atoms with Crippen LogP contribution < -0.4 is 0 Å². The summed E-state index contributed by atoms with van der Waals surface area (Å²) < 4.78 is 1.30. The van der Waals surface area contributed by atoms with E-state index in [0.29, 0.717) is 5.92 Å². The van der Waals surface area contributed by atoms with E-state index in [4.69, 9.17) is 0 Å². The molecule has 0 rings (SSSR count). The third kappa shape index (κ3) is 7.02. The molecule has 0 saturated heterocycles. The first-order valence-corrected chi connectivity index (χ1v) is 6.19. The Kier molecular flexibility index (Phi) is 8.20. The average molecular weight is 248 g/mol. The van der Waals surface area contributed by atoms with Crippen LogP contribution >= 0.6 is 11.8 Å². The summed E-state index contributed by atoms with van der Waals surface area (Å²) in [6, 6.07) is 0. The summed E-state index contributed by atoms with van der Waals surface area (Å²) in [5, 5.41) is 0. The first-order chi connectivity index (χ1) is 5.70. The third-order valence-corrected chi connectivity index (χ3v) is 3.45. The second kappa shape index (κ2) is 7.97. The molecule has 0 nitrogen and oxygen atoms in total. The second-order valence-electron chi connectivity index (χ2n) is 2.78. The van der Waals surface area contributed by atoms with Gasteiger partial charge in [0.2, 0.25) is 0 Å². The molecule has 0 aromatic carbocycles. The van der Waals surface area contributed by atoms with Gasteiger partial charge in [0.05, 0.1) is 0 Å². The topological polar surface area (TPSA) is 0 Å². The zero-order valence-corrected chi connectivity index (χ0v) is 10.4. The van der Waals surface area contributed by atoms with Crippen molar-refractivity contribution in [2.45, 2.75) is 26.7 Å². The van der Waals surface area contributed by atoms with Gasteiger partial charge in [-0.25, -0.2) is 0 Å². The molecule has 0 aromatic heterocycles. The molecule has 1 atom stereocenters. The van der Waals surface area contributed by atoms with Gasteiger partial charge in [0.1, 0.15) is 0 Å². The summed E-state index contributed by atoms with van der Waals surface area (Å²) in [4.78, 5) is 0. The van der Waals surface area contributed by atoms with Crippen molar-refractivity contribution in [2.75, 3.05) is 5.75 Å². The molecule has 2 heteroatoms. The van der Waals surface area contributed by atoms with Gasteiger partial charge in [0.25, 0.3) is 0 Å². The van der Waals surface area contributed by atoms with Gasteiger partial charge in [0.15, 0.2) is 0 Å². The molecule has 0 N–H and O–H groups in total. The van der Waals surface area contributed by atoms with Crippen LogP contribution in [0.5, 0.6) is 0 Å². The van der Waals surface area contributed by atoms with E-state index in [0.717, 1.165) is 0 Å². The Hall–Kier alpha value is 0.349. The molecule has 0 spiro atoms. The molecule has 0 aromatic rings. The van der Waals surface area contributed by atoms with Gasteiger partial charge in [-0.15, -0.1) is 0 Å². The predicted octanol–water partition coefficient (Wildman–Crippen LogP) is 3.35. The van der Waals surface area contributed by atoms with Gasteiger partial charge >= 0.3 is 88.7 Å². The first kappa shape index (κ1) is 12.3. The fourth-order valence-electron chi connectivity index (χ4n) is 0.648. The molecule has 0 bridgehead atoms. The second-order valence-corrected chi connectivity index (χ2v) is 5.43. The van der Waals surface area contributed by atoms with E-state index in [2.05, 4.69) is 42.5 Å². The van der Waals surface area contributed by atoms with Crippen LogP contribution in [0.3, 0.4) is 0 Å². The average Bonchev–Trinajstić information content (AvgIpc) is 2.05. The molecule has 0 radical (unpaired) electrons. The number of unbranched alkanes of at least 4 members (excludes halogenated alkanes) is 1. The molecule has 0 heterocycles. The summed E-state index contributed by atoms with van der Waals surface area (Å²) in [5.41, 5.74) is 0. The molecule has 1 unspecified atom stereocenters. The SMILES string of the molecule is C=CC(C)/C=C(\[Se-])SCCCC. The van der Waals surface area contributed by atoms with Crippen LogP contribution in [0.1, 0.15) is 26.7 Å². The van der Waals surface area contributed by atoms with Crippen LogP contribution in [-0.4, -0.2) is 21.8 Å². The van der Waals surface area contributed by atoms with Crippen molar-refractivity contribution in [1.29, 1.82) is 0 Å². The Bertz CT molecular complexity index is 152. The number of hydrogen-bond donors (Lipinski definition) is 0. The molecule has 0 aliphatic rings. The Morgan fingerprint density at radius 1 is 1.67 bits per heavy atom. The Balaban J connectivity index is 3.62. The Morgan fingerprint density at radius 2 is 2.33 bits per heavy atom. The summed E-state index contributed by atoms with van der Waals surface area (Å²) in [5.74, 6) is 1.70. The van der Waals surface area contributed by atoms with E-state index in [1.165, 1.54) is 22.4 Å². The maximum atomic E-state index is 3.74. The number of rotatable bonds is 6. The summed E-state index contributed by atoms with van der Waals surface area (Å²) in [6.07, 6.45) is 6.74. The van der Waals surface area contributed by atoms with E-state index in [-0.39, 0.29) is 0 Å². The van der Waals surface area contributed by atoms with Crippen molar-refractivity contribution in [3.05, 3.63) is 22.5 Å². The third-order valence-electron chi connectivity index (χ3n) is 1.51. The summed E-state index contributed by atoms with van der Waals surface area (Å²) in [7, 11) is 0. The van der Waals surface area contributed by atoms with Crippen molar-refractivity contribution in [1.82, 2.24) is 0 Å². The van der Waals surface area contributed by atoms with Crippen LogP contribution in [0, 0.1) is 5.92 Å². The van der Waals surface area contributed by atoms with Gasteiger partial charge in [-0.3, -0.25) is 0 Å². The number of thioether (sulfide) groups is 1. The van der Waals surface area contributed by atoms with E-state index in [1.54, 1.807) is 0 Å². The fourth-order valence-corrected chi connectivity index (χ4v) is 2.57. The van der Waals surface area contributed by atoms with E-state index < -0.39 is 0 Å². The Labute approximate surface area is 88.7 Å². The zero-order chi connectivity index (χ0) is 9.40. The van der Waals surface area contributed by atoms with E-state index in [1.807, 2.05) is 17.8 Å². The monoisotopic (exact) mass is 249 g/mol. The van der Waals surface area contributed by atoms with Crippen LogP contribution in [-0.2, 0) is 0 Å². The molecular formula is C10H17SSe-. The molecule has 0 aliphatic heterocycles. The van der Waals surface area contributed by atoms with Gasteiger partial charge in [-0.2, -0.15) is 0 Å². The molecule has 70 valence electrons. The number of allylic oxidation sites excluding steroid dienone is 2. The standard InChI is InChI=1S/C10H18SSe/c1-4-6-7-11-10(12)8-9(3)5-2/h5,8-9,12H,2,4,6-7H2,1,3H3/p-1/b10-8-. The van der Waals surface area contributed by atoms with Crippen molar-refractivity contribution >= 4 is 27.8 Å². The van der Waals surface area contributed by atoms with Gasteiger partial charge in [-0.1, -0.05) is 0 Å². The quantitative estimate of drug-likeness (QED) is 0.394. The maximum absolute atomic E-state index is 3.74. The molecular weight excluding hydrogens is 231 g/mol. The summed E-state index contributed by atoms with van der Waals surface area (Å²) in [6.45, 7) is 8.10. The van der Waals surface area contributed by atoms with Crippen molar-refractivity contribution < 1.29 is 0 Å². The molecule has 0 aliphatic carbocycles. The van der Waals surface area contributed by atoms with Gasteiger partial charge in [-0.05, 0) is 0 Å². The van der Waals surface area contributed by atoms with Gasteiger partial charge < -0.3 is 0 Å². The summed E-state index contributed by atoms with van der Waals surface area (Å²) >= 11 is 4.98. The van der Waals surface area contributed by atoms with Crippen LogP contribution in [0.4, 0.5) is 0 Å². The van der Waals surface area contributed by atoms with Crippen molar-refractivity contribution in [3.63, 3.8) is 0 Å². The zero-order valence-electron chi connectivity index (χ0n) is 7.88. The predicted molar refractivity (Wildman–Crippen MR) is 60.6 cm³/mol. The van der Waals surface area contributed by atoms with Crippen LogP contribution in [0.15, 0.2) is 22.5 Å². The van der Waals surface area contributed by atoms with Crippen LogP contribution in [0.2, 0.25) is 0 Å². The Morgan fingerprint density at radius 3 is 2.83 bits per heavy atom. The van der Waals surface area contributed by atoms with Crippen LogP contribution in [0.25, 0.3) is 0 Å². The molecule has 0 amide bonds. The molecule has 0 fully saturated rings. The minimum absolute atomic E-state index is 0.482. The van der Waals surface area contributed by atoms with E-state index in [9.17, 15) is 0 Å². The van der Waals surface area contributed by atoms with E-state index >= 15 is 0 Å². The van der Waals surface area contributed by atoms with Crippen molar-refractivity contribution in [2.24, 2.45) is 5.92 Å².